The molecule has 1 heterocycles. The monoisotopic (exact) mass is 336 g/mol. The van der Waals surface area contributed by atoms with Crippen LogP contribution in [0.15, 0.2) is 23.0 Å². The molecule has 0 aliphatic heterocycles. The molecule has 1 N–H and O–H groups in total. The molecule has 0 spiro atoms. The van der Waals surface area contributed by atoms with E-state index in [1.165, 1.54) is 0 Å². The van der Waals surface area contributed by atoms with Crippen LogP contribution in [0.1, 0.15) is 0 Å². The van der Waals surface area contributed by atoms with Crippen LogP contribution in [0.3, 0.4) is 0 Å². The van der Waals surface area contributed by atoms with Crippen molar-refractivity contribution in [2.45, 2.75) is 0 Å². The highest BCUT2D eigenvalue weighted by molar-refractivity contribution is 5.92. The highest BCUT2D eigenvalue weighted by Gasteiger charge is 2.14. The Morgan fingerprint density at radius 2 is 1.67 bits per heavy atom. The van der Waals surface area contributed by atoms with Crippen molar-refractivity contribution in [3.05, 3.63) is 28.7 Å². The molecule has 0 atom stereocenters. The highest BCUT2D eigenvalue weighted by Crippen LogP contribution is 2.18. The fourth-order valence-corrected chi connectivity index (χ4v) is 2.50. The molecule has 0 fully saturated rings. The van der Waals surface area contributed by atoms with E-state index in [0.717, 1.165) is 11.0 Å². The first-order valence-corrected chi connectivity index (χ1v) is 7.69. The molecule has 2 amide bonds. The number of hydrogen-bond donors (Lipinski definition) is 1. The van der Waals surface area contributed by atoms with Gasteiger partial charge in [0.05, 0.1) is 24.2 Å². The molecule has 0 aliphatic carbocycles. The SMILES string of the molecule is COCCN(CCOC)C(=O)Nc1ccc2c(c1)n(C)c(=O)n2C. The number of anilines is 1. The summed E-state index contributed by atoms with van der Waals surface area (Å²) in [6.07, 6.45) is 0. The van der Waals surface area contributed by atoms with E-state index in [-0.39, 0.29) is 11.7 Å². The van der Waals surface area contributed by atoms with E-state index in [9.17, 15) is 9.59 Å². The van der Waals surface area contributed by atoms with Gasteiger partial charge < -0.3 is 19.7 Å². The van der Waals surface area contributed by atoms with E-state index in [0.29, 0.717) is 32.0 Å². The second-order valence-electron chi connectivity index (χ2n) is 5.51. The van der Waals surface area contributed by atoms with Crippen LogP contribution in [-0.4, -0.2) is 60.6 Å². The van der Waals surface area contributed by atoms with Gasteiger partial charge in [-0.05, 0) is 18.2 Å². The van der Waals surface area contributed by atoms with Crippen LogP contribution in [0, 0.1) is 0 Å². The van der Waals surface area contributed by atoms with Crippen molar-refractivity contribution in [1.82, 2.24) is 14.0 Å². The Morgan fingerprint density at radius 1 is 1.08 bits per heavy atom. The molecule has 2 rings (SSSR count). The summed E-state index contributed by atoms with van der Waals surface area (Å²) in [5.41, 5.74) is 2.11. The fourth-order valence-electron chi connectivity index (χ4n) is 2.50. The summed E-state index contributed by atoms with van der Waals surface area (Å²) < 4.78 is 13.2. The topological polar surface area (TPSA) is 77.7 Å². The first-order chi connectivity index (χ1) is 11.5. The third-order valence-electron chi connectivity index (χ3n) is 3.94. The lowest BCUT2D eigenvalue weighted by Crippen LogP contribution is -2.39. The average molecular weight is 336 g/mol. The van der Waals surface area contributed by atoms with Crippen LogP contribution in [-0.2, 0) is 23.6 Å². The van der Waals surface area contributed by atoms with Gasteiger partial charge in [0, 0.05) is 47.1 Å². The van der Waals surface area contributed by atoms with E-state index < -0.39 is 0 Å². The van der Waals surface area contributed by atoms with Gasteiger partial charge in [0.2, 0.25) is 0 Å². The number of hydrogen-bond acceptors (Lipinski definition) is 4. The van der Waals surface area contributed by atoms with Crippen LogP contribution < -0.4 is 11.0 Å². The first kappa shape index (κ1) is 18.0. The Morgan fingerprint density at radius 3 is 2.25 bits per heavy atom. The summed E-state index contributed by atoms with van der Waals surface area (Å²) in [6.45, 7) is 1.84. The molecule has 1 aromatic carbocycles. The number of fused-ring (bicyclic) bond motifs is 1. The van der Waals surface area contributed by atoms with Gasteiger partial charge in [0.15, 0.2) is 0 Å². The van der Waals surface area contributed by atoms with Gasteiger partial charge in [-0.15, -0.1) is 0 Å². The smallest absolute Gasteiger partial charge is 0.328 e. The molecule has 0 unspecified atom stereocenters. The molecule has 132 valence electrons. The summed E-state index contributed by atoms with van der Waals surface area (Å²) in [6, 6.07) is 5.16. The van der Waals surface area contributed by atoms with Gasteiger partial charge in [-0.2, -0.15) is 0 Å². The minimum Gasteiger partial charge on any atom is -0.383 e. The second kappa shape index (κ2) is 7.98. The molecule has 0 bridgehead atoms. The summed E-state index contributed by atoms with van der Waals surface area (Å²) in [4.78, 5) is 26.0. The lowest BCUT2D eigenvalue weighted by atomic mass is 10.2. The summed E-state index contributed by atoms with van der Waals surface area (Å²) in [7, 11) is 6.62. The summed E-state index contributed by atoms with van der Waals surface area (Å²) in [5, 5.41) is 2.86. The molecule has 2 aromatic rings. The van der Waals surface area contributed by atoms with Gasteiger partial charge in [-0.3, -0.25) is 9.13 Å². The number of imidazole rings is 1. The maximum atomic E-state index is 12.4. The predicted molar refractivity (Wildman–Crippen MR) is 92.5 cm³/mol. The standard InChI is InChI=1S/C16H24N4O4/c1-18-13-6-5-12(11-14(13)19(2)16(18)22)17-15(21)20(7-9-23-3)8-10-24-4/h5-6,11H,7-10H2,1-4H3,(H,17,21). The molecular formula is C16H24N4O4. The Bertz CT molecular complexity index is 757. The normalized spacial score (nSPS) is 11.0. The largest absolute Gasteiger partial charge is 0.383 e. The molecular weight excluding hydrogens is 312 g/mol. The number of aromatic nitrogens is 2. The number of benzene rings is 1. The van der Waals surface area contributed by atoms with Crippen molar-refractivity contribution in [2.75, 3.05) is 45.8 Å². The lowest BCUT2D eigenvalue weighted by Gasteiger charge is -2.22. The zero-order valence-electron chi connectivity index (χ0n) is 14.5. The van der Waals surface area contributed by atoms with E-state index in [4.69, 9.17) is 9.47 Å². The number of amides is 2. The molecule has 0 aliphatic rings. The van der Waals surface area contributed by atoms with Crippen molar-refractivity contribution in [1.29, 1.82) is 0 Å². The van der Waals surface area contributed by atoms with Gasteiger partial charge >= 0.3 is 11.7 Å². The summed E-state index contributed by atoms with van der Waals surface area (Å²) >= 11 is 0. The van der Waals surface area contributed by atoms with E-state index in [2.05, 4.69) is 5.32 Å². The number of carbonyl (C=O) groups excluding carboxylic acids is 1. The zero-order chi connectivity index (χ0) is 17.7. The van der Waals surface area contributed by atoms with Gasteiger partial charge in [-0.25, -0.2) is 9.59 Å². The number of rotatable bonds is 7. The fraction of sp³-hybridized carbons (Fsp3) is 0.500. The number of urea groups is 1. The number of methoxy groups -OCH3 is 2. The second-order valence-corrected chi connectivity index (χ2v) is 5.51. The zero-order valence-corrected chi connectivity index (χ0v) is 14.5. The molecule has 0 radical (unpaired) electrons. The van der Waals surface area contributed by atoms with Gasteiger partial charge in [0.1, 0.15) is 0 Å². The molecule has 0 saturated carbocycles. The number of nitrogens with zero attached hydrogens (tertiary/aromatic N) is 3. The number of nitrogens with one attached hydrogen (secondary N) is 1. The van der Waals surface area contributed by atoms with Crippen molar-refractivity contribution in [2.24, 2.45) is 14.1 Å². The number of carbonyl (C=O) groups is 1. The lowest BCUT2D eigenvalue weighted by molar-refractivity contribution is 0.127. The van der Waals surface area contributed by atoms with Crippen molar-refractivity contribution < 1.29 is 14.3 Å². The molecule has 1 aromatic heterocycles. The minimum absolute atomic E-state index is 0.102. The maximum absolute atomic E-state index is 12.4. The predicted octanol–water partition coefficient (Wildman–Crippen LogP) is 1.00. The van der Waals surface area contributed by atoms with Crippen molar-refractivity contribution >= 4 is 22.8 Å². The van der Waals surface area contributed by atoms with Crippen LogP contribution in [0.4, 0.5) is 10.5 Å². The molecule has 24 heavy (non-hydrogen) atoms. The van der Waals surface area contributed by atoms with Crippen LogP contribution in [0.5, 0.6) is 0 Å². The highest BCUT2D eigenvalue weighted by atomic mass is 16.5. The maximum Gasteiger partial charge on any atom is 0.328 e. The first-order valence-electron chi connectivity index (χ1n) is 7.69. The van der Waals surface area contributed by atoms with Crippen LogP contribution in [0.25, 0.3) is 11.0 Å². The molecule has 8 nitrogen and oxygen atoms in total. The summed E-state index contributed by atoms with van der Waals surface area (Å²) in [5.74, 6) is 0. The van der Waals surface area contributed by atoms with Gasteiger partial charge in [0.25, 0.3) is 0 Å². The minimum atomic E-state index is -0.232. The van der Waals surface area contributed by atoms with Crippen molar-refractivity contribution in [3.63, 3.8) is 0 Å². The Labute approximate surface area is 140 Å². The third-order valence-corrected chi connectivity index (χ3v) is 3.94. The Balaban J connectivity index is 2.18. The molecule has 0 saturated heterocycles. The third kappa shape index (κ3) is 3.77. The van der Waals surface area contributed by atoms with Crippen LogP contribution in [0.2, 0.25) is 0 Å². The average Bonchev–Trinajstić information content (AvgIpc) is 2.79. The van der Waals surface area contributed by atoms with Crippen LogP contribution >= 0.6 is 0 Å². The van der Waals surface area contributed by atoms with E-state index in [1.807, 2.05) is 6.07 Å². The van der Waals surface area contributed by atoms with E-state index >= 15 is 0 Å². The Kier molecular flexibility index (Phi) is 5.99. The molecule has 8 heteroatoms. The van der Waals surface area contributed by atoms with Crippen molar-refractivity contribution in [3.8, 4) is 0 Å². The number of ether oxygens (including phenoxy) is 2. The Hall–Kier alpha value is -2.32. The van der Waals surface area contributed by atoms with E-state index in [1.54, 1.807) is 54.5 Å². The quantitative estimate of drug-likeness (QED) is 0.818. The van der Waals surface area contributed by atoms with Gasteiger partial charge in [-0.1, -0.05) is 0 Å². The number of aryl methyl sites for hydroxylation is 2.